The van der Waals surface area contributed by atoms with Crippen molar-refractivity contribution >= 4 is 0 Å². The highest BCUT2D eigenvalue weighted by atomic mass is 19.1. The Bertz CT molecular complexity index is 284. The van der Waals surface area contributed by atoms with Gasteiger partial charge >= 0.3 is 0 Å². The van der Waals surface area contributed by atoms with Crippen LogP contribution < -0.4 is 4.74 Å². The molecular weight excluding hydrogens is 179 g/mol. The molecule has 14 heavy (non-hydrogen) atoms. The predicted molar refractivity (Wildman–Crippen MR) is 56.2 cm³/mol. The van der Waals surface area contributed by atoms with Gasteiger partial charge in [0.25, 0.3) is 0 Å². The van der Waals surface area contributed by atoms with Crippen LogP contribution >= 0.6 is 0 Å². The zero-order valence-corrected chi connectivity index (χ0v) is 8.85. The lowest BCUT2D eigenvalue weighted by atomic mass is 10.2. The van der Waals surface area contributed by atoms with E-state index in [1.54, 1.807) is 6.07 Å². The van der Waals surface area contributed by atoms with Gasteiger partial charge in [-0.3, -0.25) is 0 Å². The first kappa shape index (κ1) is 11.0. The third-order valence-corrected chi connectivity index (χ3v) is 2.14. The number of unbranched alkanes of at least 4 members (excludes halogenated alkanes) is 2. The second-order valence-electron chi connectivity index (χ2n) is 3.47. The summed E-state index contributed by atoms with van der Waals surface area (Å²) in [5.74, 6) is 0.589. The molecule has 0 saturated heterocycles. The Morgan fingerprint density at radius 1 is 1.29 bits per heavy atom. The Labute approximate surface area is 84.9 Å². The third kappa shape index (κ3) is 3.36. The van der Waals surface area contributed by atoms with E-state index in [4.69, 9.17) is 4.74 Å². The summed E-state index contributed by atoms with van der Waals surface area (Å²) in [6.07, 6.45) is 3.43. The fourth-order valence-corrected chi connectivity index (χ4v) is 1.31. The van der Waals surface area contributed by atoms with Gasteiger partial charge in [0.1, 0.15) is 11.6 Å². The van der Waals surface area contributed by atoms with Crippen molar-refractivity contribution in [3.63, 3.8) is 0 Å². The molecule has 0 unspecified atom stereocenters. The van der Waals surface area contributed by atoms with Gasteiger partial charge in [-0.1, -0.05) is 19.8 Å². The normalized spacial score (nSPS) is 10.2. The van der Waals surface area contributed by atoms with E-state index in [9.17, 15) is 4.39 Å². The number of halogens is 1. The molecule has 0 radical (unpaired) electrons. The second kappa shape index (κ2) is 5.63. The molecule has 1 aromatic carbocycles. The van der Waals surface area contributed by atoms with Crippen LogP contribution in [-0.4, -0.2) is 6.61 Å². The first-order valence-corrected chi connectivity index (χ1v) is 5.13. The predicted octanol–water partition coefficient (Wildman–Crippen LogP) is 3.70. The molecule has 1 aromatic rings. The van der Waals surface area contributed by atoms with Crippen LogP contribution in [0.5, 0.6) is 5.75 Å². The zero-order valence-electron chi connectivity index (χ0n) is 8.85. The molecule has 0 aromatic heterocycles. The maximum absolute atomic E-state index is 12.7. The Hall–Kier alpha value is -1.05. The molecule has 2 heteroatoms. The van der Waals surface area contributed by atoms with Crippen LogP contribution in [0.1, 0.15) is 31.7 Å². The maximum Gasteiger partial charge on any atom is 0.123 e. The highest BCUT2D eigenvalue weighted by molar-refractivity contribution is 5.32. The third-order valence-electron chi connectivity index (χ3n) is 2.14. The van der Waals surface area contributed by atoms with E-state index in [1.807, 2.05) is 6.92 Å². The minimum Gasteiger partial charge on any atom is -0.493 e. The lowest BCUT2D eigenvalue weighted by molar-refractivity contribution is 0.304. The molecule has 0 aliphatic carbocycles. The molecule has 0 bridgehead atoms. The van der Waals surface area contributed by atoms with E-state index in [0.29, 0.717) is 0 Å². The lowest BCUT2D eigenvalue weighted by Gasteiger charge is -2.08. The summed E-state index contributed by atoms with van der Waals surface area (Å²) < 4.78 is 18.3. The van der Waals surface area contributed by atoms with Gasteiger partial charge in [-0.25, -0.2) is 4.39 Å². The molecule has 0 fully saturated rings. The largest absolute Gasteiger partial charge is 0.493 e. The molecule has 0 spiro atoms. The van der Waals surface area contributed by atoms with Gasteiger partial charge in [0, 0.05) is 0 Å². The smallest absolute Gasteiger partial charge is 0.123 e. The zero-order chi connectivity index (χ0) is 10.4. The van der Waals surface area contributed by atoms with Gasteiger partial charge in [-0.15, -0.1) is 0 Å². The Morgan fingerprint density at radius 2 is 2.07 bits per heavy atom. The second-order valence-corrected chi connectivity index (χ2v) is 3.47. The van der Waals surface area contributed by atoms with Crippen molar-refractivity contribution in [1.82, 2.24) is 0 Å². The van der Waals surface area contributed by atoms with Crippen LogP contribution in [0.2, 0.25) is 0 Å². The number of rotatable bonds is 5. The van der Waals surface area contributed by atoms with Gasteiger partial charge in [0.2, 0.25) is 0 Å². The van der Waals surface area contributed by atoms with E-state index in [2.05, 4.69) is 6.92 Å². The summed E-state index contributed by atoms with van der Waals surface area (Å²) in [4.78, 5) is 0. The molecular formula is C12H17FO. The fraction of sp³-hybridized carbons (Fsp3) is 0.500. The molecule has 0 aliphatic heterocycles. The molecule has 0 aliphatic rings. The summed E-state index contributed by atoms with van der Waals surface area (Å²) in [6, 6.07) is 4.62. The summed E-state index contributed by atoms with van der Waals surface area (Å²) >= 11 is 0. The number of benzene rings is 1. The molecule has 1 nitrogen and oxygen atoms in total. The van der Waals surface area contributed by atoms with Crippen LogP contribution in [-0.2, 0) is 0 Å². The van der Waals surface area contributed by atoms with E-state index >= 15 is 0 Å². The first-order chi connectivity index (χ1) is 6.74. The van der Waals surface area contributed by atoms with Crippen LogP contribution in [0.15, 0.2) is 18.2 Å². The van der Waals surface area contributed by atoms with E-state index in [-0.39, 0.29) is 5.82 Å². The van der Waals surface area contributed by atoms with Crippen LogP contribution in [0.4, 0.5) is 4.39 Å². The summed E-state index contributed by atoms with van der Waals surface area (Å²) in [7, 11) is 0. The van der Waals surface area contributed by atoms with Gasteiger partial charge in [-0.05, 0) is 37.1 Å². The van der Waals surface area contributed by atoms with Gasteiger partial charge in [0.05, 0.1) is 6.61 Å². The first-order valence-electron chi connectivity index (χ1n) is 5.13. The standard InChI is InChI=1S/C12H17FO/c1-3-4-5-8-14-12-7-6-11(13)9-10(12)2/h6-7,9H,3-5,8H2,1-2H3. The summed E-state index contributed by atoms with van der Waals surface area (Å²) in [6.45, 7) is 4.74. The maximum atomic E-state index is 12.7. The van der Waals surface area contributed by atoms with Crippen molar-refractivity contribution < 1.29 is 9.13 Å². The lowest BCUT2D eigenvalue weighted by Crippen LogP contribution is -1.98. The van der Waals surface area contributed by atoms with Crippen LogP contribution in [0.25, 0.3) is 0 Å². The molecule has 0 N–H and O–H groups in total. The number of hydrogen-bond donors (Lipinski definition) is 0. The van der Waals surface area contributed by atoms with Crippen LogP contribution in [0, 0.1) is 12.7 Å². The van der Waals surface area contributed by atoms with E-state index in [0.717, 1.165) is 24.3 Å². The Kier molecular flexibility index (Phi) is 4.44. The van der Waals surface area contributed by atoms with Crippen LogP contribution in [0.3, 0.4) is 0 Å². The highest BCUT2D eigenvalue weighted by Gasteiger charge is 2.00. The van der Waals surface area contributed by atoms with Gasteiger partial charge in [-0.2, -0.15) is 0 Å². The molecule has 1 rings (SSSR count). The van der Waals surface area contributed by atoms with E-state index < -0.39 is 0 Å². The average molecular weight is 196 g/mol. The van der Waals surface area contributed by atoms with Gasteiger partial charge < -0.3 is 4.74 Å². The van der Waals surface area contributed by atoms with Crippen molar-refractivity contribution in [1.29, 1.82) is 0 Å². The van der Waals surface area contributed by atoms with Crippen molar-refractivity contribution in [2.75, 3.05) is 6.61 Å². The highest BCUT2D eigenvalue weighted by Crippen LogP contribution is 2.18. The SMILES string of the molecule is CCCCCOc1ccc(F)cc1C. The van der Waals surface area contributed by atoms with Crippen molar-refractivity contribution in [2.24, 2.45) is 0 Å². The molecule has 0 amide bonds. The number of aryl methyl sites for hydroxylation is 1. The summed E-state index contributed by atoms with van der Waals surface area (Å²) in [5.41, 5.74) is 0.862. The van der Waals surface area contributed by atoms with E-state index in [1.165, 1.54) is 25.0 Å². The molecule has 0 saturated carbocycles. The molecule has 0 atom stereocenters. The number of ether oxygens (including phenoxy) is 1. The van der Waals surface area contributed by atoms with Crippen molar-refractivity contribution in [3.8, 4) is 5.75 Å². The van der Waals surface area contributed by atoms with Gasteiger partial charge in [0.15, 0.2) is 0 Å². The topological polar surface area (TPSA) is 9.23 Å². The quantitative estimate of drug-likeness (QED) is 0.652. The minimum absolute atomic E-state index is 0.205. The Morgan fingerprint density at radius 3 is 2.71 bits per heavy atom. The fourth-order valence-electron chi connectivity index (χ4n) is 1.31. The number of hydrogen-bond acceptors (Lipinski definition) is 1. The van der Waals surface area contributed by atoms with Crippen molar-refractivity contribution in [3.05, 3.63) is 29.6 Å². The molecule has 0 heterocycles. The minimum atomic E-state index is -0.205. The average Bonchev–Trinajstić information content (AvgIpc) is 2.15. The monoisotopic (exact) mass is 196 g/mol. The molecule has 78 valence electrons. The summed E-state index contributed by atoms with van der Waals surface area (Å²) in [5, 5.41) is 0. The van der Waals surface area contributed by atoms with Crippen molar-refractivity contribution in [2.45, 2.75) is 33.1 Å². The Balaban J connectivity index is 2.42.